The monoisotopic (exact) mass is 511 g/mol. The van der Waals surface area contributed by atoms with E-state index in [1.54, 1.807) is 60.7 Å². The molecule has 0 bridgehead atoms. The molecule has 0 atom stereocenters. The van der Waals surface area contributed by atoms with Gasteiger partial charge in [-0.25, -0.2) is 18.6 Å². The van der Waals surface area contributed by atoms with Crippen molar-refractivity contribution >= 4 is 34.0 Å². The van der Waals surface area contributed by atoms with Crippen LogP contribution < -0.4 is 19.2 Å². The van der Waals surface area contributed by atoms with Gasteiger partial charge in [-0.3, -0.25) is 9.10 Å². The first-order chi connectivity index (χ1) is 17.2. The van der Waals surface area contributed by atoms with Crippen molar-refractivity contribution in [1.82, 2.24) is 5.43 Å². The summed E-state index contributed by atoms with van der Waals surface area (Å²) in [5.41, 5.74) is 4.63. The van der Waals surface area contributed by atoms with Crippen LogP contribution in [0, 0.1) is 0 Å². The lowest BCUT2D eigenvalue weighted by Crippen LogP contribution is -2.29. The van der Waals surface area contributed by atoms with Crippen molar-refractivity contribution in [3.63, 3.8) is 0 Å². The number of benzene rings is 3. The topological polar surface area (TPSA) is 124 Å². The lowest BCUT2D eigenvalue weighted by atomic mass is 10.1. The number of rotatable bonds is 9. The van der Waals surface area contributed by atoms with E-state index in [4.69, 9.17) is 9.47 Å². The molecule has 3 rings (SSSR count). The normalized spacial score (nSPS) is 11.1. The first-order valence-corrected chi connectivity index (χ1v) is 12.4. The minimum atomic E-state index is -3.50. The molecule has 3 aromatic rings. The smallest absolute Gasteiger partial charge is 0.493 e. The number of anilines is 1. The second kappa shape index (κ2) is 11.8. The van der Waals surface area contributed by atoms with Gasteiger partial charge in [0.25, 0.3) is 5.91 Å². The molecule has 3 aromatic carbocycles. The Morgan fingerprint density at radius 2 is 1.67 bits per heavy atom. The van der Waals surface area contributed by atoms with Crippen molar-refractivity contribution in [2.75, 3.05) is 24.8 Å². The molecule has 0 heterocycles. The maximum atomic E-state index is 12.5. The van der Waals surface area contributed by atoms with Crippen LogP contribution in [0.4, 0.5) is 10.5 Å². The van der Waals surface area contributed by atoms with E-state index in [-0.39, 0.29) is 18.0 Å². The van der Waals surface area contributed by atoms with Crippen LogP contribution in [0.3, 0.4) is 0 Å². The van der Waals surface area contributed by atoms with E-state index in [1.165, 1.54) is 30.8 Å². The molecule has 36 heavy (non-hydrogen) atoms. The zero-order valence-corrected chi connectivity index (χ0v) is 20.7. The Morgan fingerprint density at radius 3 is 2.28 bits per heavy atom. The fourth-order valence-electron chi connectivity index (χ4n) is 3.13. The highest BCUT2D eigenvalue weighted by Gasteiger charge is 2.18. The van der Waals surface area contributed by atoms with E-state index in [1.807, 2.05) is 6.07 Å². The van der Waals surface area contributed by atoms with Gasteiger partial charge in [0.1, 0.15) is 0 Å². The molecular formula is C25H25N3O7S. The predicted molar refractivity (Wildman–Crippen MR) is 135 cm³/mol. The van der Waals surface area contributed by atoms with Crippen LogP contribution in [0.15, 0.2) is 77.9 Å². The second-order valence-electron chi connectivity index (χ2n) is 7.47. The second-order valence-corrected chi connectivity index (χ2v) is 9.37. The molecule has 0 unspecified atom stereocenters. The molecule has 10 nitrogen and oxygen atoms in total. The van der Waals surface area contributed by atoms with E-state index < -0.39 is 22.1 Å². The van der Waals surface area contributed by atoms with E-state index >= 15 is 0 Å². The Morgan fingerprint density at radius 1 is 0.972 bits per heavy atom. The molecule has 0 aliphatic rings. The quantitative estimate of drug-likeness (QED) is 0.202. The van der Waals surface area contributed by atoms with Gasteiger partial charge >= 0.3 is 6.16 Å². The number of hydrogen-bond acceptors (Lipinski definition) is 8. The number of nitrogens with zero attached hydrogens (tertiary/aromatic N) is 2. The standard InChI is InChI=1S/C25H25N3O7S/c1-33-23-15-19(11-14-22(23)35-25(30)34-2)16-26-27-24(29)20-12-9-18(10-13-20)17-28(36(3,31)32)21-7-5-4-6-8-21/h4-16H,17H2,1-3H3,(H,27,29)/b26-16+. The lowest BCUT2D eigenvalue weighted by molar-refractivity contribution is 0.0954. The van der Waals surface area contributed by atoms with Crippen molar-refractivity contribution in [1.29, 1.82) is 0 Å². The van der Waals surface area contributed by atoms with Gasteiger partial charge in [-0.2, -0.15) is 5.10 Å². The van der Waals surface area contributed by atoms with E-state index in [2.05, 4.69) is 15.3 Å². The Kier molecular flexibility index (Phi) is 8.63. The van der Waals surface area contributed by atoms with Gasteiger partial charge < -0.3 is 14.2 Å². The molecule has 1 N–H and O–H groups in total. The molecule has 0 spiro atoms. The molecule has 11 heteroatoms. The zero-order valence-electron chi connectivity index (χ0n) is 19.9. The van der Waals surface area contributed by atoms with Gasteiger partial charge in [-0.1, -0.05) is 30.3 Å². The summed E-state index contributed by atoms with van der Waals surface area (Å²) in [6.45, 7) is 0.125. The zero-order chi connectivity index (χ0) is 26.1. The number of hydrogen-bond donors (Lipinski definition) is 1. The largest absolute Gasteiger partial charge is 0.513 e. The predicted octanol–water partition coefficient (Wildman–Crippen LogP) is 3.57. The van der Waals surface area contributed by atoms with Gasteiger partial charge in [0, 0.05) is 5.56 Å². The van der Waals surface area contributed by atoms with Crippen LogP contribution >= 0.6 is 0 Å². The first kappa shape index (κ1) is 26.2. The minimum Gasteiger partial charge on any atom is -0.493 e. The number of ether oxygens (including phenoxy) is 3. The average molecular weight is 512 g/mol. The maximum Gasteiger partial charge on any atom is 0.513 e. The van der Waals surface area contributed by atoms with Crippen LogP contribution in [0.2, 0.25) is 0 Å². The first-order valence-electron chi connectivity index (χ1n) is 10.6. The summed E-state index contributed by atoms with van der Waals surface area (Å²) in [7, 11) is -0.888. The molecule has 0 aromatic heterocycles. The number of methoxy groups -OCH3 is 2. The summed E-state index contributed by atoms with van der Waals surface area (Å²) in [5, 5.41) is 3.94. The number of para-hydroxylation sites is 1. The number of amides is 1. The molecule has 0 fully saturated rings. The summed E-state index contributed by atoms with van der Waals surface area (Å²) >= 11 is 0. The fraction of sp³-hybridized carbons (Fsp3) is 0.160. The number of hydrazone groups is 1. The van der Waals surface area contributed by atoms with Crippen molar-refractivity contribution in [3.8, 4) is 11.5 Å². The van der Waals surface area contributed by atoms with Gasteiger partial charge in [0.2, 0.25) is 10.0 Å². The highest BCUT2D eigenvalue weighted by Crippen LogP contribution is 2.28. The van der Waals surface area contributed by atoms with Gasteiger partial charge in [0.15, 0.2) is 11.5 Å². The molecule has 0 radical (unpaired) electrons. The number of sulfonamides is 1. The lowest BCUT2D eigenvalue weighted by Gasteiger charge is -2.22. The highest BCUT2D eigenvalue weighted by molar-refractivity contribution is 7.92. The van der Waals surface area contributed by atoms with Crippen LogP contribution in [-0.2, 0) is 21.3 Å². The van der Waals surface area contributed by atoms with Crippen LogP contribution in [-0.4, -0.2) is 47.2 Å². The summed E-state index contributed by atoms with van der Waals surface area (Å²) in [6.07, 6.45) is 1.67. The Hall–Kier alpha value is -4.38. The third-order valence-corrected chi connectivity index (χ3v) is 6.05. The minimum absolute atomic E-state index is 0.125. The Bertz CT molecular complexity index is 1340. The Labute approximate surface area is 209 Å². The van der Waals surface area contributed by atoms with Crippen molar-refractivity contribution in [2.45, 2.75) is 6.54 Å². The summed E-state index contributed by atoms with van der Waals surface area (Å²) in [6, 6.07) is 20.0. The molecule has 1 amide bonds. The summed E-state index contributed by atoms with van der Waals surface area (Å²) in [4.78, 5) is 23.7. The molecule has 0 saturated heterocycles. The molecular weight excluding hydrogens is 486 g/mol. The molecule has 0 aliphatic carbocycles. The van der Waals surface area contributed by atoms with Crippen molar-refractivity contribution in [2.24, 2.45) is 5.10 Å². The Balaban J connectivity index is 1.64. The highest BCUT2D eigenvalue weighted by atomic mass is 32.2. The van der Waals surface area contributed by atoms with Crippen molar-refractivity contribution < 1.29 is 32.2 Å². The van der Waals surface area contributed by atoms with E-state index in [9.17, 15) is 18.0 Å². The SMILES string of the molecule is COC(=O)Oc1ccc(/C=N/NC(=O)c2ccc(CN(c3ccccc3)S(C)(=O)=O)cc2)cc1OC. The van der Waals surface area contributed by atoms with Crippen LogP contribution in [0.25, 0.3) is 0 Å². The van der Waals surface area contributed by atoms with Crippen LogP contribution in [0.5, 0.6) is 11.5 Å². The maximum absolute atomic E-state index is 12.5. The summed E-state index contributed by atoms with van der Waals surface area (Å²) in [5.74, 6) is 0.00988. The van der Waals surface area contributed by atoms with E-state index in [0.29, 0.717) is 22.4 Å². The van der Waals surface area contributed by atoms with Gasteiger partial charge in [0.05, 0.1) is 38.9 Å². The third-order valence-electron chi connectivity index (χ3n) is 4.91. The molecule has 0 aliphatic heterocycles. The van der Waals surface area contributed by atoms with E-state index in [0.717, 1.165) is 6.26 Å². The summed E-state index contributed by atoms with van der Waals surface area (Å²) < 4.78 is 40.5. The van der Waals surface area contributed by atoms with Crippen LogP contribution in [0.1, 0.15) is 21.5 Å². The fourth-order valence-corrected chi connectivity index (χ4v) is 4.02. The number of carbonyl (C=O) groups excluding carboxylic acids is 2. The van der Waals surface area contributed by atoms with Gasteiger partial charge in [-0.05, 0) is 53.6 Å². The average Bonchev–Trinajstić information content (AvgIpc) is 2.88. The molecule has 0 saturated carbocycles. The third kappa shape index (κ3) is 7.06. The van der Waals surface area contributed by atoms with Crippen molar-refractivity contribution in [3.05, 3.63) is 89.5 Å². The van der Waals surface area contributed by atoms with Gasteiger partial charge in [-0.15, -0.1) is 0 Å². The molecule has 188 valence electrons. The number of carbonyl (C=O) groups is 2. The number of nitrogens with one attached hydrogen (secondary N) is 1.